The molecule has 0 amide bonds. The van der Waals surface area contributed by atoms with Gasteiger partial charge >= 0.3 is 11.9 Å². The largest absolute Gasteiger partial charge is 0.419 e. The first-order valence-electron chi connectivity index (χ1n) is 5.64. The molecule has 0 unspecified atom stereocenters. The van der Waals surface area contributed by atoms with Crippen LogP contribution in [0.2, 0.25) is 0 Å². The van der Waals surface area contributed by atoms with E-state index in [-0.39, 0.29) is 0 Å². The van der Waals surface area contributed by atoms with E-state index in [1.54, 1.807) is 13.8 Å². The van der Waals surface area contributed by atoms with Gasteiger partial charge in [0.25, 0.3) is 5.79 Å². The summed E-state index contributed by atoms with van der Waals surface area (Å²) in [7, 11) is 0. The quantitative estimate of drug-likeness (QED) is 0.429. The summed E-state index contributed by atoms with van der Waals surface area (Å²) in [6.07, 6.45) is 2.80. The number of hydrogen-bond acceptors (Lipinski definition) is 4. The number of carbonyl (C=O) groups excluding carboxylic acids is 2. The fourth-order valence-corrected chi connectivity index (χ4v) is 1.65. The molecule has 17 heavy (non-hydrogen) atoms. The Balaban J connectivity index is 2.76. The predicted octanol–water partition coefficient (Wildman–Crippen LogP) is 2.50. The second kappa shape index (κ2) is 5.17. The van der Waals surface area contributed by atoms with E-state index in [4.69, 9.17) is 9.47 Å². The minimum absolute atomic E-state index is 0.294. The van der Waals surface area contributed by atoms with Gasteiger partial charge in [-0.2, -0.15) is 0 Å². The maximum absolute atomic E-state index is 11.5. The molecule has 0 aromatic heterocycles. The van der Waals surface area contributed by atoms with Crippen molar-refractivity contribution in [3.05, 3.63) is 24.3 Å². The Morgan fingerprint density at radius 3 is 1.59 bits per heavy atom. The highest BCUT2D eigenvalue weighted by Gasteiger charge is 2.41. The molecule has 1 fully saturated rings. The minimum atomic E-state index is -1.12. The molecule has 4 nitrogen and oxygen atoms in total. The zero-order valence-electron chi connectivity index (χ0n) is 10.4. The van der Waals surface area contributed by atoms with Crippen LogP contribution in [0.3, 0.4) is 0 Å². The SMILES string of the molecule is C=C(C)C(=O)OC1(OC(=O)C(=C)C)CCCC1. The average molecular weight is 238 g/mol. The Kier molecular flexibility index (Phi) is 4.10. The Hall–Kier alpha value is -1.58. The van der Waals surface area contributed by atoms with Gasteiger partial charge in [0.1, 0.15) is 0 Å². The lowest BCUT2D eigenvalue weighted by Gasteiger charge is -2.28. The first kappa shape index (κ1) is 13.5. The van der Waals surface area contributed by atoms with Crippen LogP contribution in [0.25, 0.3) is 0 Å². The summed E-state index contributed by atoms with van der Waals surface area (Å²) in [6.45, 7) is 10.1. The molecule has 1 aliphatic rings. The van der Waals surface area contributed by atoms with Crippen LogP contribution in [-0.4, -0.2) is 17.7 Å². The Bertz CT molecular complexity index is 332. The van der Waals surface area contributed by atoms with Gasteiger partial charge in [-0.15, -0.1) is 0 Å². The molecule has 0 aromatic rings. The zero-order chi connectivity index (χ0) is 13.1. The molecule has 0 aliphatic heterocycles. The minimum Gasteiger partial charge on any atom is -0.419 e. The molecule has 0 heterocycles. The van der Waals surface area contributed by atoms with Crippen molar-refractivity contribution in [2.45, 2.75) is 45.3 Å². The van der Waals surface area contributed by atoms with Crippen molar-refractivity contribution in [2.24, 2.45) is 0 Å². The van der Waals surface area contributed by atoms with Gasteiger partial charge in [-0.1, -0.05) is 13.2 Å². The molecule has 0 bridgehead atoms. The van der Waals surface area contributed by atoms with Crippen LogP contribution in [-0.2, 0) is 19.1 Å². The van der Waals surface area contributed by atoms with Gasteiger partial charge in [-0.3, -0.25) is 0 Å². The molecule has 0 spiro atoms. The van der Waals surface area contributed by atoms with Gasteiger partial charge < -0.3 is 9.47 Å². The summed E-state index contributed by atoms with van der Waals surface area (Å²) >= 11 is 0. The highest BCUT2D eigenvalue weighted by molar-refractivity contribution is 5.89. The highest BCUT2D eigenvalue weighted by atomic mass is 16.7. The van der Waals surface area contributed by atoms with Crippen molar-refractivity contribution in [1.29, 1.82) is 0 Å². The smallest absolute Gasteiger partial charge is 0.336 e. The van der Waals surface area contributed by atoms with Crippen molar-refractivity contribution in [2.75, 3.05) is 0 Å². The summed E-state index contributed by atoms with van der Waals surface area (Å²) in [4.78, 5) is 23.0. The number of ether oxygens (including phenoxy) is 2. The highest BCUT2D eigenvalue weighted by Crippen LogP contribution is 2.35. The van der Waals surface area contributed by atoms with Crippen molar-refractivity contribution in [3.63, 3.8) is 0 Å². The maximum atomic E-state index is 11.5. The molecule has 94 valence electrons. The van der Waals surface area contributed by atoms with E-state index in [0.717, 1.165) is 12.8 Å². The summed E-state index contributed by atoms with van der Waals surface area (Å²) in [5.74, 6) is -2.17. The summed E-state index contributed by atoms with van der Waals surface area (Å²) < 4.78 is 10.5. The van der Waals surface area contributed by atoms with Crippen LogP contribution in [0, 0.1) is 0 Å². The van der Waals surface area contributed by atoms with Crippen LogP contribution in [0.15, 0.2) is 24.3 Å². The standard InChI is InChI=1S/C13H18O4/c1-9(2)11(14)16-13(7-5-6-8-13)17-12(15)10(3)4/h1,3,5-8H2,2,4H3. The van der Waals surface area contributed by atoms with Gasteiger partial charge in [0.05, 0.1) is 0 Å². The van der Waals surface area contributed by atoms with Crippen molar-refractivity contribution in [1.82, 2.24) is 0 Å². The molecule has 0 atom stereocenters. The van der Waals surface area contributed by atoms with Crippen LogP contribution >= 0.6 is 0 Å². The van der Waals surface area contributed by atoms with Gasteiger partial charge in [0.2, 0.25) is 0 Å². The fraction of sp³-hybridized carbons (Fsp3) is 0.538. The molecular formula is C13H18O4. The second-order valence-electron chi connectivity index (χ2n) is 4.46. The Labute approximate surface area is 101 Å². The van der Waals surface area contributed by atoms with E-state index in [1.807, 2.05) is 0 Å². The monoisotopic (exact) mass is 238 g/mol. The van der Waals surface area contributed by atoms with Crippen LogP contribution in [0.5, 0.6) is 0 Å². The molecule has 4 heteroatoms. The molecule has 0 radical (unpaired) electrons. The molecule has 1 saturated carbocycles. The van der Waals surface area contributed by atoms with E-state index in [2.05, 4.69) is 13.2 Å². The lowest BCUT2D eigenvalue weighted by Crippen LogP contribution is -2.37. The third kappa shape index (κ3) is 3.44. The predicted molar refractivity (Wildman–Crippen MR) is 63.0 cm³/mol. The van der Waals surface area contributed by atoms with Crippen molar-refractivity contribution >= 4 is 11.9 Å². The molecule has 1 aliphatic carbocycles. The number of rotatable bonds is 4. The van der Waals surface area contributed by atoms with E-state index in [1.165, 1.54) is 0 Å². The van der Waals surface area contributed by atoms with E-state index < -0.39 is 17.7 Å². The molecular weight excluding hydrogens is 220 g/mol. The normalized spacial score (nSPS) is 17.3. The first-order chi connectivity index (χ1) is 7.86. The number of carbonyl (C=O) groups is 2. The molecule has 0 aromatic carbocycles. The van der Waals surface area contributed by atoms with Gasteiger partial charge in [-0.05, 0) is 26.7 Å². The van der Waals surface area contributed by atoms with Crippen LogP contribution in [0.4, 0.5) is 0 Å². The summed E-state index contributed by atoms with van der Waals surface area (Å²) in [6, 6.07) is 0. The summed E-state index contributed by atoms with van der Waals surface area (Å²) in [5, 5.41) is 0. The van der Waals surface area contributed by atoms with E-state index in [0.29, 0.717) is 24.0 Å². The molecule has 1 rings (SSSR count). The van der Waals surface area contributed by atoms with Gasteiger partial charge in [0.15, 0.2) is 0 Å². The number of esters is 2. The average Bonchev–Trinajstić information content (AvgIpc) is 2.66. The van der Waals surface area contributed by atoms with Crippen molar-refractivity contribution < 1.29 is 19.1 Å². The maximum Gasteiger partial charge on any atom is 0.336 e. The fourth-order valence-electron chi connectivity index (χ4n) is 1.65. The Morgan fingerprint density at radius 2 is 1.29 bits per heavy atom. The van der Waals surface area contributed by atoms with Crippen LogP contribution in [0.1, 0.15) is 39.5 Å². The zero-order valence-corrected chi connectivity index (χ0v) is 10.4. The van der Waals surface area contributed by atoms with E-state index in [9.17, 15) is 9.59 Å². The van der Waals surface area contributed by atoms with E-state index >= 15 is 0 Å². The van der Waals surface area contributed by atoms with Crippen LogP contribution < -0.4 is 0 Å². The van der Waals surface area contributed by atoms with Gasteiger partial charge in [0, 0.05) is 24.0 Å². The second-order valence-corrected chi connectivity index (χ2v) is 4.46. The first-order valence-corrected chi connectivity index (χ1v) is 5.64. The number of hydrogen-bond donors (Lipinski definition) is 0. The topological polar surface area (TPSA) is 52.6 Å². The third-order valence-electron chi connectivity index (χ3n) is 2.62. The Morgan fingerprint density at radius 1 is 0.941 bits per heavy atom. The lowest BCUT2D eigenvalue weighted by molar-refractivity contribution is -0.221. The van der Waals surface area contributed by atoms with Gasteiger partial charge in [-0.25, -0.2) is 9.59 Å². The van der Waals surface area contributed by atoms with Crippen molar-refractivity contribution in [3.8, 4) is 0 Å². The third-order valence-corrected chi connectivity index (χ3v) is 2.62. The lowest BCUT2D eigenvalue weighted by atomic mass is 10.2. The molecule has 0 saturated heterocycles. The summed E-state index contributed by atoms with van der Waals surface area (Å²) in [5.41, 5.74) is 0.588. The molecule has 0 N–H and O–H groups in total.